The SMILES string of the molecule is Cc1cc(F)ccc1S(=O)(=O)N1CCN(C(=O)c2ccccc2F)CC1. The van der Waals surface area contributed by atoms with Crippen LogP contribution in [0, 0.1) is 18.6 Å². The molecule has 0 spiro atoms. The lowest BCUT2D eigenvalue weighted by Crippen LogP contribution is -2.50. The van der Waals surface area contributed by atoms with Crippen LogP contribution in [0.15, 0.2) is 47.4 Å². The van der Waals surface area contributed by atoms with Gasteiger partial charge in [-0.1, -0.05) is 12.1 Å². The molecule has 3 rings (SSSR count). The van der Waals surface area contributed by atoms with Crippen LogP contribution >= 0.6 is 0 Å². The van der Waals surface area contributed by atoms with Crippen LogP contribution in [-0.2, 0) is 10.0 Å². The maximum Gasteiger partial charge on any atom is 0.256 e. The van der Waals surface area contributed by atoms with Gasteiger partial charge in [-0.2, -0.15) is 4.31 Å². The third-order valence-corrected chi connectivity index (χ3v) is 6.44. The molecule has 0 saturated carbocycles. The fourth-order valence-electron chi connectivity index (χ4n) is 2.98. The molecule has 5 nitrogen and oxygen atoms in total. The molecule has 0 bridgehead atoms. The number of benzene rings is 2. The second-order valence-electron chi connectivity index (χ2n) is 6.09. The molecule has 0 unspecified atom stereocenters. The summed E-state index contributed by atoms with van der Waals surface area (Å²) in [5.41, 5.74) is 0.299. The Kier molecular flexibility index (Phi) is 5.06. The van der Waals surface area contributed by atoms with Gasteiger partial charge in [0.25, 0.3) is 5.91 Å². The predicted octanol–water partition coefficient (Wildman–Crippen LogP) is 2.42. The van der Waals surface area contributed by atoms with Gasteiger partial charge in [-0.15, -0.1) is 0 Å². The Hall–Kier alpha value is -2.32. The molecular weight excluding hydrogens is 362 g/mol. The molecule has 1 amide bonds. The second-order valence-corrected chi connectivity index (χ2v) is 7.99. The Labute approximate surface area is 150 Å². The quantitative estimate of drug-likeness (QED) is 0.822. The number of rotatable bonds is 3. The van der Waals surface area contributed by atoms with Gasteiger partial charge in [-0.05, 0) is 42.8 Å². The van der Waals surface area contributed by atoms with Crippen LogP contribution in [0.5, 0.6) is 0 Å². The summed E-state index contributed by atoms with van der Waals surface area (Å²) in [6.45, 7) is 2.05. The first-order valence-corrected chi connectivity index (χ1v) is 9.55. The van der Waals surface area contributed by atoms with E-state index in [0.717, 1.165) is 6.07 Å². The first-order chi connectivity index (χ1) is 12.3. The van der Waals surface area contributed by atoms with Crippen LogP contribution < -0.4 is 0 Å². The zero-order chi connectivity index (χ0) is 18.9. The standard InChI is InChI=1S/C18H18F2N2O3S/c1-13-12-14(19)6-7-17(13)26(24,25)22-10-8-21(9-11-22)18(23)15-4-2-3-5-16(15)20/h2-7,12H,8-11H2,1H3. The van der Waals surface area contributed by atoms with Crippen molar-refractivity contribution in [2.75, 3.05) is 26.2 Å². The molecular formula is C18H18F2N2O3S. The molecule has 26 heavy (non-hydrogen) atoms. The first-order valence-electron chi connectivity index (χ1n) is 8.11. The van der Waals surface area contributed by atoms with E-state index >= 15 is 0 Å². The average Bonchev–Trinajstić information content (AvgIpc) is 2.61. The maximum atomic E-state index is 13.8. The van der Waals surface area contributed by atoms with E-state index < -0.39 is 27.6 Å². The van der Waals surface area contributed by atoms with Crippen molar-refractivity contribution in [3.63, 3.8) is 0 Å². The number of amides is 1. The summed E-state index contributed by atoms with van der Waals surface area (Å²) in [6.07, 6.45) is 0. The molecule has 0 atom stereocenters. The van der Waals surface area contributed by atoms with Crippen LogP contribution in [0.2, 0.25) is 0 Å². The van der Waals surface area contributed by atoms with E-state index in [4.69, 9.17) is 0 Å². The van der Waals surface area contributed by atoms with Crippen LogP contribution in [0.4, 0.5) is 8.78 Å². The lowest BCUT2D eigenvalue weighted by atomic mass is 10.1. The van der Waals surface area contributed by atoms with Crippen molar-refractivity contribution in [1.29, 1.82) is 0 Å². The zero-order valence-electron chi connectivity index (χ0n) is 14.2. The van der Waals surface area contributed by atoms with E-state index in [1.54, 1.807) is 6.07 Å². The summed E-state index contributed by atoms with van der Waals surface area (Å²) in [5.74, 6) is -1.56. The van der Waals surface area contributed by atoms with Crippen LogP contribution in [0.25, 0.3) is 0 Å². The molecule has 8 heteroatoms. The Morgan fingerprint density at radius 1 is 1.00 bits per heavy atom. The third-order valence-electron chi connectivity index (χ3n) is 4.38. The van der Waals surface area contributed by atoms with Gasteiger partial charge in [0.1, 0.15) is 11.6 Å². The van der Waals surface area contributed by atoms with Crippen molar-refractivity contribution < 1.29 is 22.0 Å². The number of hydrogen-bond acceptors (Lipinski definition) is 3. The van der Waals surface area contributed by atoms with E-state index in [2.05, 4.69) is 0 Å². The summed E-state index contributed by atoms with van der Waals surface area (Å²) in [7, 11) is -3.78. The Morgan fingerprint density at radius 3 is 2.27 bits per heavy atom. The molecule has 138 valence electrons. The molecule has 1 heterocycles. The summed E-state index contributed by atoms with van der Waals surface area (Å²) in [5, 5.41) is 0. The largest absolute Gasteiger partial charge is 0.336 e. The topological polar surface area (TPSA) is 57.7 Å². The summed E-state index contributed by atoms with van der Waals surface area (Å²) < 4.78 is 53.8. The van der Waals surface area contributed by atoms with Crippen molar-refractivity contribution in [1.82, 2.24) is 9.21 Å². The van der Waals surface area contributed by atoms with Gasteiger partial charge >= 0.3 is 0 Å². The van der Waals surface area contributed by atoms with Crippen molar-refractivity contribution in [2.45, 2.75) is 11.8 Å². The second kappa shape index (κ2) is 7.13. The summed E-state index contributed by atoms with van der Waals surface area (Å²) >= 11 is 0. The normalized spacial score (nSPS) is 15.9. The molecule has 0 radical (unpaired) electrons. The highest BCUT2D eigenvalue weighted by Gasteiger charge is 2.31. The van der Waals surface area contributed by atoms with Crippen LogP contribution in [-0.4, -0.2) is 49.7 Å². The Morgan fingerprint density at radius 2 is 1.65 bits per heavy atom. The molecule has 0 N–H and O–H groups in total. The minimum atomic E-state index is -3.78. The number of aryl methyl sites for hydroxylation is 1. The summed E-state index contributed by atoms with van der Waals surface area (Å²) in [6, 6.07) is 9.23. The lowest BCUT2D eigenvalue weighted by molar-refractivity contribution is 0.0693. The fraction of sp³-hybridized carbons (Fsp3) is 0.278. The molecule has 0 aliphatic carbocycles. The summed E-state index contributed by atoms with van der Waals surface area (Å²) in [4.78, 5) is 13.9. The molecule has 1 saturated heterocycles. The van der Waals surface area contributed by atoms with Crippen molar-refractivity contribution in [3.8, 4) is 0 Å². The third kappa shape index (κ3) is 3.47. The molecule has 1 aliphatic heterocycles. The van der Waals surface area contributed by atoms with Gasteiger partial charge in [-0.3, -0.25) is 4.79 Å². The van der Waals surface area contributed by atoms with Gasteiger partial charge in [-0.25, -0.2) is 17.2 Å². The van der Waals surface area contributed by atoms with Gasteiger partial charge < -0.3 is 4.90 Å². The maximum absolute atomic E-state index is 13.8. The highest BCUT2D eigenvalue weighted by molar-refractivity contribution is 7.89. The first kappa shape index (κ1) is 18.5. The zero-order valence-corrected chi connectivity index (χ0v) is 15.0. The van der Waals surface area contributed by atoms with E-state index in [0.29, 0.717) is 5.56 Å². The molecule has 2 aromatic rings. The Balaban J connectivity index is 1.74. The van der Waals surface area contributed by atoms with Gasteiger partial charge in [0, 0.05) is 26.2 Å². The van der Waals surface area contributed by atoms with Gasteiger partial charge in [0.05, 0.1) is 10.5 Å². The molecule has 2 aromatic carbocycles. The van der Waals surface area contributed by atoms with Gasteiger partial charge in [0.2, 0.25) is 10.0 Å². The monoisotopic (exact) mass is 380 g/mol. The van der Waals surface area contributed by atoms with E-state index in [1.807, 2.05) is 0 Å². The number of piperazine rings is 1. The van der Waals surface area contributed by atoms with Crippen molar-refractivity contribution >= 4 is 15.9 Å². The predicted molar refractivity (Wildman–Crippen MR) is 92.2 cm³/mol. The van der Waals surface area contributed by atoms with Crippen LogP contribution in [0.1, 0.15) is 15.9 Å². The number of hydrogen-bond donors (Lipinski definition) is 0. The highest BCUT2D eigenvalue weighted by atomic mass is 32.2. The Bertz CT molecular complexity index is 939. The number of halogens is 2. The molecule has 1 aliphatic rings. The fourth-order valence-corrected chi connectivity index (χ4v) is 4.61. The lowest BCUT2D eigenvalue weighted by Gasteiger charge is -2.34. The average molecular weight is 380 g/mol. The number of nitrogens with zero attached hydrogens (tertiary/aromatic N) is 2. The minimum absolute atomic E-state index is 0.0295. The molecule has 1 fully saturated rings. The van der Waals surface area contributed by atoms with E-state index in [9.17, 15) is 22.0 Å². The van der Waals surface area contributed by atoms with E-state index in [1.165, 1.54) is 46.5 Å². The van der Waals surface area contributed by atoms with Gasteiger partial charge in [0.15, 0.2) is 0 Å². The minimum Gasteiger partial charge on any atom is -0.336 e. The van der Waals surface area contributed by atoms with Crippen molar-refractivity contribution in [3.05, 3.63) is 65.2 Å². The van der Waals surface area contributed by atoms with E-state index in [-0.39, 0.29) is 36.6 Å². The number of carbonyl (C=O) groups is 1. The van der Waals surface area contributed by atoms with Crippen LogP contribution in [0.3, 0.4) is 0 Å². The smallest absolute Gasteiger partial charge is 0.256 e. The number of sulfonamides is 1. The number of carbonyl (C=O) groups excluding carboxylic acids is 1. The highest BCUT2D eigenvalue weighted by Crippen LogP contribution is 2.22. The van der Waals surface area contributed by atoms with Crippen molar-refractivity contribution in [2.24, 2.45) is 0 Å². The molecule has 0 aromatic heterocycles.